The predicted octanol–water partition coefficient (Wildman–Crippen LogP) is -0.570. The van der Waals surface area contributed by atoms with Gasteiger partial charge in [0.2, 0.25) is 11.8 Å². The average molecular weight is 289 g/mol. The van der Waals surface area contributed by atoms with Gasteiger partial charge in [0.1, 0.15) is 6.04 Å². The van der Waals surface area contributed by atoms with Gasteiger partial charge in [-0.1, -0.05) is 0 Å². The number of rotatable bonds is 6. The van der Waals surface area contributed by atoms with Crippen LogP contribution in [0.25, 0.3) is 0 Å². The molecule has 1 rings (SSSR count). The van der Waals surface area contributed by atoms with Crippen molar-refractivity contribution in [2.45, 2.75) is 25.4 Å². The Hall–Kier alpha value is -0.790. The molecule has 0 spiro atoms. The number of thioether (sulfide) groups is 1. The van der Waals surface area contributed by atoms with Crippen molar-refractivity contribution in [3.05, 3.63) is 0 Å². The van der Waals surface area contributed by atoms with Crippen LogP contribution >= 0.6 is 11.8 Å². The number of nitrogens with zero attached hydrogens (tertiary/aromatic N) is 1. The monoisotopic (exact) mass is 289 g/mol. The van der Waals surface area contributed by atoms with Crippen molar-refractivity contribution >= 4 is 23.6 Å². The Labute approximate surface area is 118 Å². The molecule has 1 aliphatic heterocycles. The van der Waals surface area contributed by atoms with Gasteiger partial charge in [0.05, 0.1) is 19.3 Å². The number of nitrogens with one attached hydrogen (secondary N) is 1. The van der Waals surface area contributed by atoms with Gasteiger partial charge in [-0.3, -0.25) is 9.59 Å². The number of morpholine rings is 1. The number of likely N-dealkylation sites (N-methyl/N-ethyl adjacent to an activating group) is 1. The van der Waals surface area contributed by atoms with Crippen molar-refractivity contribution < 1.29 is 14.3 Å². The molecule has 1 aliphatic rings. The summed E-state index contributed by atoms with van der Waals surface area (Å²) in [7, 11) is 0. The smallest absolute Gasteiger partial charge is 0.245 e. The third-order valence-corrected chi connectivity index (χ3v) is 3.66. The minimum absolute atomic E-state index is 0.159. The molecule has 0 radical (unpaired) electrons. The van der Waals surface area contributed by atoms with Crippen LogP contribution in [0.5, 0.6) is 0 Å². The van der Waals surface area contributed by atoms with Crippen molar-refractivity contribution in [1.29, 1.82) is 0 Å². The molecule has 0 aromatic rings. The van der Waals surface area contributed by atoms with E-state index in [-0.39, 0.29) is 18.4 Å². The zero-order valence-electron chi connectivity index (χ0n) is 11.6. The molecule has 0 aromatic heterocycles. The van der Waals surface area contributed by atoms with E-state index in [1.165, 1.54) is 0 Å². The predicted molar refractivity (Wildman–Crippen MR) is 76.0 cm³/mol. The van der Waals surface area contributed by atoms with Crippen LogP contribution in [0.4, 0.5) is 0 Å². The van der Waals surface area contributed by atoms with Crippen molar-refractivity contribution in [3.8, 4) is 0 Å². The minimum Gasteiger partial charge on any atom is -0.377 e. The first-order valence-electron chi connectivity index (χ1n) is 6.52. The van der Waals surface area contributed by atoms with Crippen LogP contribution in [0.2, 0.25) is 0 Å². The largest absolute Gasteiger partial charge is 0.377 e. The molecule has 0 aliphatic carbocycles. The molecule has 3 N–H and O–H groups in total. The van der Waals surface area contributed by atoms with Gasteiger partial charge in [0.25, 0.3) is 0 Å². The van der Waals surface area contributed by atoms with Gasteiger partial charge < -0.3 is 20.7 Å². The van der Waals surface area contributed by atoms with Gasteiger partial charge >= 0.3 is 0 Å². The summed E-state index contributed by atoms with van der Waals surface area (Å²) in [4.78, 5) is 25.8. The Morgan fingerprint density at radius 1 is 1.58 bits per heavy atom. The van der Waals surface area contributed by atoms with Crippen LogP contribution < -0.4 is 11.1 Å². The van der Waals surface area contributed by atoms with Crippen LogP contribution in [0, 0.1) is 0 Å². The van der Waals surface area contributed by atoms with Gasteiger partial charge in [-0.25, -0.2) is 0 Å². The van der Waals surface area contributed by atoms with Gasteiger partial charge in [-0.05, 0) is 25.4 Å². The number of hydrogen-bond donors (Lipinski definition) is 2. The number of nitrogens with two attached hydrogens (primary N) is 1. The Kier molecular flexibility index (Phi) is 7.19. The lowest BCUT2D eigenvalue weighted by Gasteiger charge is -2.36. The highest BCUT2D eigenvalue weighted by molar-refractivity contribution is 7.98. The Bertz CT molecular complexity index is 315. The third kappa shape index (κ3) is 4.67. The number of hydrogen-bond acceptors (Lipinski definition) is 5. The van der Waals surface area contributed by atoms with Gasteiger partial charge in [0, 0.05) is 13.1 Å². The van der Waals surface area contributed by atoms with E-state index >= 15 is 0 Å². The fraction of sp³-hybridized carbons (Fsp3) is 0.833. The lowest BCUT2D eigenvalue weighted by Crippen LogP contribution is -2.59. The SMILES string of the molecule is CCNC(=O)C1COCCN1C(=O)[C@@H](N)CCSC. The summed E-state index contributed by atoms with van der Waals surface area (Å²) in [5, 5.41) is 2.72. The maximum atomic E-state index is 12.3. The van der Waals surface area contributed by atoms with Crippen molar-refractivity contribution in [2.75, 3.05) is 38.3 Å². The van der Waals surface area contributed by atoms with Crippen molar-refractivity contribution in [3.63, 3.8) is 0 Å². The van der Waals surface area contributed by atoms with Crippen LogP contribution in [-0.2, 0) is 14.3 Å². The second-order valence-corrected chi connectivity index (χ2v) is 5.39. The molecule has 110 valence electrons. The fourth-order valence-corrected chi connectivity index (χ4v) is 2.45. The number of ether oxygens (including phenoxy) is 1. The quantitative estimate of drug-likeness (QED) is 0.684. The van der Waals surface area contributed by atoms with E-state index in [0.717, 1.165) is 5.75 Å². The highest BCUT2D eigenvalue weighted by Gasteiger charge is 2.34. The molecule has 0 bridgehead atoms. The third-order valence-electron chi connectivity index (χ3n) is 3.02. The van der Waals surface area contributed by atoms with Crippen molar-refractivity contribution in [1.82, 2.24) is 10.2 Å². The first-order valence-corrected chi connectivity index (χ1v) is 7.91. The summed E-state index contributed by atoms with van der Waals surface area (Å²) in [6, 6.07) is -1.09. The van der Waals surface area contributed by atoms with E-state index in [2.05, 4.69) is 5.32 Å². The summed E-state index contributed by atoms with van der Waals surface area (Å²) >= 11 is 1.65. The van der Waals surface area contributed by atoms with Crippen molar-refractivity contribution in [2.24, 2.45) is 5.73 Å². The number of carbonyl (C=O) groups is 2. The van der Waals surface area contributed by atoms with Crippen LogP contribution in [-0.4, -0.2) is 67.1 Å². The first-order chi connectivity index (χ1) is 9.11. The zero-order valence-corrected chi connectivity index (χ0v) is 12.4. The van der Waals surface area contributed by atoms with Gasteiger partial charge in [-0.15, -0.1) is 0 Å². The number of amides is 2. The summed E-state index contributed by atoms with van der Waals surface area (Å²) in [5.41, 5.74) is 5.89. The van der Waals surface area contributed by atoms with Crippen LogP contribution in [0.3, 0.4) is 0 Å². The molecule has 0 aromatic carbocycles. The lowest BCUT2D eigenvalue weighted by atomic mass is 10.1. The highest BCUT2D eigenvalue weighted by Crippen LogP contribution is 2.11. The molecule has 0 saturated carbocycles. The molecule has 2 amide bonds. The average Bonchev–Trinajstić information content (AvgIpc) is 2.44. The summed E-state index contributed by atoms with van der Waals surface area (Å²) in [6.45, 7) is 3.51. The van der Waals surface area contributed by atoms with E-state index in [1.807, 2.05) is 13.2 Å². The normalized spacial score (nSPS) is 21.0. The molecule has 1 unspecified atom stereocenters. The van der Waals surface area contributed by atoms with Crippen LogP contribution in [0.15, 0.2) is 0 Å². The Balaban J connectivity index is 2.65. The summed E-state index contributed by atoms with van der Waals surface area (Å²) in [6.07, 6.45) is 2.60. The molecule has 6 nitrogen and oxygen atoms in total. The second kappa shape index (κ2) is 8.39. The van der Waals surface area contributed by atoms with Gasteiger partial charge in [-0.2, -0.15) is 11.8 Å². The Morgan fingerprint density at radius 2 is 2.32 bits per heavy atom. The summed E-state index contributed by atoms with van der Waals surface area (Å²) in [5.74, 6) is 0.504. The molecule has 7 heteroatoms. The summed E-state index contributed by atoms with van der Waals surface area (Å²) < 4.78 is 5.29. The van der Waals surface area contributed by atoms with E-state index in [9.17, 15) is 9.59 Å². The lowest BCUT2D eigenvalue weighted by molar-refractivity contribution is -0.149. The highest BCUT2D eigenvalue weighted by atomic mass is 32.2. The molecule has 1 saturated heterocycles. The molecule has 1 heterocycles. The fourth-order valence-electron chi connectivity index (χ4n) is 1.96. The Morgan fingerprint density at radius 3 is 2.95 bits per heavy atom. The first kappa shape index (κ1) is 16.3. The zero-order chi connectivity index (χ0) is 14.3. The minimum atomic E-state index is -0.554. The molecule has 19 heavy (non-hydrogen) atoms. The standard InChI is InChI=1S/C12H23N3O3S/c1-3-14-11(16)10-8-18-6-5-15(10)12(17)9(13)4-7-19-2/h9-10H,3-8,13H2,1-2H3,(H,14,16)/t9-,10?/m0/s1. The maximum absolute atomic E-state index is 12.3. The molecular weight excluding hydrogens is 266 g/mol. The van der Waals surface area contributed by atoms with Crippen LogP contribution in [0.1, 0.15) is 13.3 Å². The topological polar surface area (TPSA) is 84.7 Å². The molecule has 1 fully saturated rings. The second-order valence-electron chi connectivity index (χ2n) is 4.40. The number of carbonyl (C=O) groups excluding carboxylic acids is 2. The van der Waals surface area contributed by atoms with E-state index in [4.69, 9.17) is 10.5 Å². The maximum Gasteiger partial charge on any atom is 0.245 e. The molecule has 2 atom stereocenters. The molecular formula is C12H23N3O3S. The van der Waals surface area contributed by atoms with E-state index < -0.39 is 12.1 Å². The van der Waals surface area contributed by atoms with E-state index in [0.29, 0.717) is 26.1 Å². The van der Waals surface area contributed by atoms with E-state index in [1.54, 1.807) is 16.7 Å². The van der Waals surface area contributed by atoms with Gasteiger partial charge in [0.15, 0.2) is 0 Å².